The van der Waals surface area contributed by atoms with Crippen LogP contribution in [0.3, 0.4) is 0 Å². The molecule has 0 saturated carbocycles. The maximum atomic E-state index is 12.7. The molecule has 5 amide bonds. The van der Waals surface area contributed by atoms with Crippen LogP contribution < -0.4 is 54.4 Å². The number of nitrogens with zero attached hydrogens (tertiary/aromatic N) is 4. The van der Waals surface area contributed by atoms with Gasteiger partial charge >= 0.3 is 6.09 Å². The molecule has 0 aliphatic rings. The van der Waals surface area contributed by atoms with Crippen LogP contribution in [0.2, 0.25) is 0 Å². The zero-order valence-electron chi connectivity index (χ0n) is 39.3. The molecular weight excluding hydrogens is 785 g/mol. The van der Waals surface area contributed by atoms with Crippen molar-refractivity contribution in [2.45, 2.75) is 65.9 Å². The molecule has 0 unspecified atom stereocenters. The predicted molar refractivity (Wildman–Crippen MR) is 242 cm³/mol. The van der Waals surface area contributed by atoms with Gasteiger partial charge in [0, 0.05) is 75.0 Å². The van der Waals surface area contributed by atoms with Crippen molar-refractivity contribution in [3.8, 4) is 0 Å². The summed E-state index contributed by atoms with van der Waals surface area (Å²) in [6.45, 7) is 12.4. The molecule has 0 aliphatic carbocycles. The van der Waals surface area contributed by atoms with Crippen LogP contribution in [0, 0.1) is 0 Å². The van der Waals surface area contributed by atoms with Crippen LogP contribution in [0.5, 0.6) is 0 Å². The zero-order valence-corrected chi connectivity index (χ0v) is 35.3. The highest BCUT2D eigenvalue weighted by atomic mass is 16.6. The van der Waals surface area contributed by atoms with Gasteiger partial charge in [-0.15, -0.1) is 0 Å². The number of nitrogens with two attached hydrogens (primary N) is 3. The Morgan fingerprint density at radius 1 is 0.639 bits per heavy atom. The zero-order chi connectivity index (χ0) is 48.8. The molecule has 61 heavy (non-hydrogen) atoms. The number of aromatic nitrogens is 4. The van der Waals surface area contributed by atoms with Gasteiger partial charge in [-0.3, -0.25) is 19.2 Å². The Hall–Kier alpha value is -7.09. The number of nitrogens with one attached hydrogen (secondary N) is 7. The maximum Gasteiger partial charge on any atom is 0.407 e. The second-order valence-electron chi connectivity index (χ2n) is 14.3. The van der Waals surface area contributed by atoms with E-state index in [0.29, 0.717) is 109 Å². The monoisotopic (exact) mass is 854 g/mol. The first-order chi connectivity index (χ1) is 31.1. The SMILES string of the molecule is CCCNc1nc(Nc2ccc(C(N)=O)cc2)ncc1C(=O)NCCCN.CCCNc1nc(Nc2ccc(C(N)=O)cc2)ncc1C(=O)NCCCNC(=O)OC(C)(C)C.[2HH].[2H][2H].[2H][2H]. The number of carbonyl (C=O) groups is 5. The topological polar surface area (TPSA) is 308 Å². The largest absolute Gasteiger partial charge is 0.444 e. The van der Waals surface area contributed by atoms with E-state index in [1.807, 2.05) is 13.8 Å². The minimum Gasteiger partial charge on any atom is -0.444 e. The number of anilines is 6. The Balaban J connectivity index is 0.00000120. The summed E-state index contributed by atoms with van der Waals surface area (Å²) in [4.78, 5) is 76.3. The molecule has 334 valence electrons. The molecule has 2 aromatic carbocycles. The van der Waals surface area contributed by atoms with Crippen molar-refractivity contribution < 1.29 is 36.1 Å². The molecule has 2 heterocycles. The molecule has 20 nitrogen and oxygen atoms in total. The predicted octanol–water partition coefficient (Wildman–Crippen LogP) is 4.74. The third kappa shape index (κ3) is 17.3. The van der Waals surface area contributed by atoms with Crippen LogP contribution in [0.25, 0.3) is 0 Å². The summed E-state index contributed by atoms with van der Waals surface area (Å²) in [7, 11) is 0. The second kappa shape index (κ2) is 24.7. The number of carbonyl (C=O) groups excluding carboxylic acids is 5. The fourth-order valence-corrected chi connectivity index (χ4v) is 4.96. The lowest BCUT2D eigenvalue weighted by molar-refractivity contribution is 0.0527. The Morgan fingerprint density at radius 3 is 1.43 bits per heavy atom. The number of hydrogen-bond acceptors (Lipinski definition) is 15. The van der Waals surface area contributed by atoms with Crippen molar-refractivity contribution in [3.05, 3.63) is 83.2 Å². The molecule has 4 aromatic rings. The molecule has 0 bridgehead atoms. The average Bonchev–Trinajstić information content (AvgIpc) is 3.29. The van der Waals surface area contributed by atoms with Crippen LogP contribution in [-0.4, -0.2) is 94.5 Å². The highest BCUT2D eigenvalue weighted by molar-refractivity contribution is 5.99. The van der Waals surface area contributed by atoms with Crippen LogP contribution in [-0.2, 0) is 4.74 Å². The van der Waals surface area contributed by atoms with Gasteiger partial charge in [-0.25, -0.2) is 14.8 Å². The highest BCUT2D eigenvalue weighted by Crippen LogP contribution is 2.20. The lowest BCUT2D eigenvalue weighted by Crippen LogP contribution is -2.34. The normalized spacial score (nSPS) is 10.9. The third-order valence-corrected chi connectivity index (χ3v) is 7.98. The Morgan fingerprint density at radius 2 is 1.05 bits per heavy atom. The van der Waals surface area contributed by atoms with E-state index < -0.39 is 23.5 Å². The first-order valence-electron chi connectivity index (χ1n) is 21.9. The molecule has 0 aliphatic heterocycles. The fraction of sp³-hybridized carbons (Fsp3) is 0.390. The van der Waals surface area contributed by atoms with Gasteiger partial charge in [0.2, 0.25) is 23.7 Å². The number of rotatable bonds is 21. The molecule has 0 atom stereocenters. The summed E-state index contributed by atoms with van der Waals surface area (Å²) in [5, 5.41) is 20.6. The number of ether oxygens (including phenoxy) is 1. The van der Waals surface area contributed by atoms with Gasteiger partial charge in [0.25, 0.3) is 11.8 Å². The van der Waals surface area contributed by atoms with Gasteiger partial charge < -0.3 is 59.2 Å². The van der Waals surface area contributed by atoms with E-state index in [-0.39, 0.29) is 13.2 Å². The number of primary amides is 2. The molecule has 2 aromatic heterocycles. The van der Waals surface area contributed by atoms with Crippen molar-refractivity contribution >= 4 is 64.6 Å². The lowest BCUT2D eigenvalue weighted by Gasteiger charge is -2.19. The number of amides is 5. The molecule has 0 radical (unpaired) electrons. The Bertz CT molecular complexity index is 2080. The van der Waals surface area contributed by atoms with E-state index in [0.717, 1.165) is 12.8 Å². The molecule has 4 rings (SSSR count). The second-order valence-corrected chi connectivity index (χ2v) is 14.3. The van der Waals surface area contributed by atoms with E-state index in [9.17, 15) is 24.0 Å². The van der Waals surface area contributed by atoms with Gasteiger partial charge in [0.05, 0.1) is 0 Å². The minimum absolute atomic E-state index is 0. The van der Waals surface area contributed by atoms with E-state index in [1.165, 1.54) is 12.4 Å². The molecule has 0 spiro atoms. The van der Waals surface area contributed by atoms with Crippen molar-refractivity contribution in [2.24, 2.45) is 17.2 Å². The van der Waals surface area contributed by atoms with Crippen molar-refractivity contribution in [2.75, 3.05) is 60.5 Å². The summed E-state index contributed by atoms with van der Waals surface area (Å²) in [5.74, 6) is -0.0975. The van der Waals surface area contributed by atoms with Crippen LogP contribution >= 0.6 is 0 Å². The van der Waals surface area contributed by atoms with Crippen molar-refractivity contribution in [3.63, 3.8) is 0 Å². The molecular formula is C41H64N14O6. The average molecular weight is 854 g/mol. The molecule has 0 fully saturated rings. The minimum atomic E-state index is -0.561. The van der Waals surface area contributed by atoms with Gasteiger partial charge in [-0.05, 0) is 102 Å². The van der Waals surface area contributed by atoms with Crippen molar-refractivity contribution in [1.82, 2.24) is 35.9 Å². The Labute approximate surface area is 363 Å². The maximum absolute atomic E-state index is 12.7. The van der Waals surface area contributed by atoms with E-state index >= 15 is 0 Å². The van der Waals surface area contributed by atoms with E-state index in [2.05, 4.69) is 57.2 Å². The fourth-order valence-electron chi connectivity index (χ4n) is 4.96. The van der Waals surface area contributed by atoms with E-state index in [1.54, 1.807) is 69.3 Å². The molecule has 13 N–H and O–H groups in total. The summed E-state index contributed by atoms with van der Waals surface area (Å²) < 4.78 is 25.2. The summed E-state index contributed by atoms with van der Waals surface area (Å²) in [6.07, 6.45) is 5.39. The van der Waals surface area contributed by atoms with Gasteiger partial charge in [0.15, 0.2) is 0 Å². The van der Waals surface area contributed by atoms with Crippen LogP contribution in [0.15, 0.2) is 60.9 Å². The van der Waals surface area contributed by atoms with Crippen LogP contribution in [0.1, 0.15) is 109 Å². The van der Waals surface area contributed by atoms with Gasteiger partial charge in [-0.1, -0.05) is 13.8 Å². The number of hydrogen-bond donors (Lipinski definition) is 10. The molecule has 0 saturated heterocycles. The Kier molecular flexibility index (Phi) is 18.3. The van der Waals surface area contributed by atoms with Gasteiger partial charge in [-0.2, -0.15) is 9.97 Å². The first-order valence-corrected chi connectivity index (χ1v) is 19.9. The highest BCUT2D eigenvalue weighted by Gasteiger charge is 2.18. The number of benzene rings is 2. The number of alkyl carbamates (subject to hydrolysis) is 1. The molecule has 20 heteroatoms. The third-order valence-electron chi connectivity index (χ3n) is 7.98. The summed E-state index contributed by atoms with van der Waals surface area (Å²) in [6, 6.07) is 13.2. The summed E-state index contributed by atoms with van der Waals surface area (Å²) in [5.41, 5.74) is 18.2. The van der Waals surface area contributed by atoms with Crippen molar-refractivity contribution in [1.29, 1.82) is 0 Å². The smallest absolute Gasteiger partial charge is 0.407 e. The van der Waals surface area contributed by atoms with E-state index in [4.69, 9.17) is 27.9 Å². The summed E-state index contributed by atoms with van der Waals surface area (Å²) >= 11 is 0. The lowest BCUT2D eigenvalue weighted by atomic mass is 10.2. The first kappa shape index (κ1) is 45.0. The quantitative estimate of drug-likeness (QED) is 0.0506. The van der Waals surface area contributed by atoms with Crippen LogP contribution in [0.4, 0.5) is 39.7 Å². The standard InChI is InChI=1S/C23H33N7O4.C18H25N7O2.3H2/c1-5-11-25-19-17(20(32)26-12-6-13-27-22(33)34-23(2,3)4)14-28-21(30-19)29-16-9-7-15(8-10-16)18(24)31;1-2-9-21-16-14(17(27)22-10-3-8-19)11-23-18(25-16)24-13-6-4-12(5-7-13)15(20)26;;;/h7-10,14H,5-6,11-13H2,1-4H3,(H2,24,31)(H,26,32)(H,27,33)(H2,25,28,29,30);4-7,11H,2-3,8-10,19H2,1H3,(H2,20,26)(H,22,27)(H2,21,23,24,25);3*1H/i;;2*1+1D;1+1. The van der Waals surface area contributed by atoms with Gasteiger partial charge in [0.1, 0.15) is 28.4 Å².